The van der Waals surface area contributed by atoms with Crippen LogP contribution in [0.2, 0.25) is 0 Å². The number of sulfone groups is 1. The van der Waals surface area contributed by atoms with Crippen molar-refractivity contribution >= 4 is 48.1 Å². The van der Waals surface area contributed by atoms with Gasteiger partial charge in [0.05, 0.1) is 15.5 Å². The lowest BCUT2D eigenvalue weighted by atomic mass is 10.1. The molecule has 0 saturated carbocycles. The summed E-state index contributed by atoms with van der Waals surface area (Å²) >= 11 is 2.12. The minimum Gasteiger partial charge on any atom is -0.305 e. The van der Waals surface area contributed by atoms with E-state index in [1.165, 1.54) is 16.5 Å². The second-order valence-electron chi connectivity index (χ2n) is 5.85. The Labute approximate surface area is 167 Å². The smallest absolute Gasteiger partial charge is 0.259 e. The summed E-state index contributed by atoms with van der Waals surface area (Å²) in [4.78, 5) is 0.445. The first-order valence-corrected chi connectivity index (χ1v) is 12.1. The largest absolute Gasteiger partial charge is 0.305 e. The van der Waals surface area contributed by atoms with Gasteiger partial charge in [-0.1, -0.05) is 18.2 Å². The van der Waals surface area contributed by atoms with E-state index in [0.29, 0.717) is 18.7 Å². The summed E-state index contributed by atoms with van der Waals surface area (Å²) < 4.78 is 50.9. The number of hydrogen-bond acceptors (Lipinski definition) is 5. The summed E-state index contributed by atoms with van der Waals surface area (Å²) in [6, 6.07) is 13.0. The molecular formula is C17H17IN2O4S2. The van der Waals surface area contributed by atoms with Gasteiger partial charge in [0, 0.05) is 16.4 Å². The zero-order valence-electron chi connectivity index (χ0n) is 13.9. The van der Waals surface area contributed by atoms with Gasteiger partial charge in [-0.25, -0.2) is 16.8 Å². The van der Waals surface area contributed by atoms with E-state index in [1.807, 2.05) is 6.08 Å². The average Bonchev–Trinajstić information content (AvgIpc) is 2.61. The van der Waals surface area contributed by atoms with Crippen LogP contribution in [0.4, 0.5) is 0 Å². The molecule has 9 heteroatoms. The summed E-state index contributed by atoms with van der Waals surface area (Å²) in [6.07, 6.45) is 3.60. The maximum Gasteiger partial charge on any atom is 0.259 e. The van der Waals surface area contributed by atoms with Crippen molar-refractivity contribution in [2.75, 3.05) is 12.8 Å². The Bertz CT molecular complexity index is 1040. The molecule has 0 aliphatic carbocycles. The monoisotopic (exact) mass is 504 g/mol. The minimum absolute atomic E-state index is 0.221. The van der Waals surface area contributed by atoms with Gasteiger partial charge in [-0.15, -0.1) is 4.41 Å². The quantitative estimate of drug-likeness (QED) is 0.648. The molecule has 26 heavy (non-hydrogen) atoms. The van der Waals surface area contributed by atoms with Gasteiger partial charge in [-0.2, -0.15) is 0 Å². The van der Waals surface area contributed by atoms with E-state index in [0.717, 1.165) is 15.4 Å². The Balaban J connectivity index is 1.85. The molecule has 6 nitrogen and oxygen atoms in total. The number of nitrogens with zero attached hydrogens (tertiary/aromatic N) is 1. The minimum atomic E-state index is -3.67. The van der Waals surface area contributed by atoms with Gasteiger partial charge in [0.2, 0.25) is 0 Å². The summed E-state index contributed by atoms with van der Waals surface area (Å²) in [5, 5.41) is 0. The Morgan fingerprint density at radius 3 is 2.08 bits per heavy atom. The molecule has 138 valence electrons. The lowest BCUT2D eigenvalue weighted by Crippen LogP contribution is -2.44. The van der Waals surface area contributed by atoms with Gasteiger partial charge < -0.3 is 5.43 Å². The van der Waals surface area contributed by atoms with Crippen LogP contribution in [-0.4, -0.2) is 34.1 Å². The first kappa shape index (κ1) is 19.3. The second kappa shape index (κ2) is 7.29. The first-order valence-electron chi connectivity index (χ1n) is 7.73. The SMILES string of the molecule is CS(=O)(=O)c1ccc(C2=CCCN(S(=O)(=O)c3ccc(I)cc3)N2)cc1. The number of hydrazine groups is 1. The highest BCUT2D eigenvalue weighted by molar-refractivity contribution is 14.1. The molecule has 1 aliphatic heterocycles. The van der Waals surface area contributed by atoms with Crippen molar-refractivity contribution in [3.63, 3.8) is 0 Å². The van der Waals surface area contributed by atoms with Crippen molar-refractivity contribution in [1.29, 1.82) is 0 Å². The van der Waals surface area contributed by atoms with E-state index < -0.39 is 19.9 Å². The lowest BCUT2D eigenvalue weighted by molar-refractivity contribution is 0.363. The molecule has 0 atom stereocenters. The molecule has 1 heterocycles. The predicted molar refractivity (Wildman–Crippen MR) is 108 cm³/mol. The Kier molecular flexibility index (Phi) is 5.42. The van der Waals surface area contributed by atoms with E-state index >= 15 is 0 Å². The van der Waals surface area contributed by atoms with Crippen LogP contribution >= 0.6 is 22.6 Å². The van der Waals surface area contributed by atoms with Crippen molar-refractivity contribution in [1.82, 2.24) is 9.84 Å². The van der Waals surface area contributed by atoms with Crippen molar-refractivity contribution in [3.8, 4) is 0 Å². The number of sulfonamides is 1. The summed E-state index contributed by atoms with van der Waals surface area (Å²) in [6.45, 7) is 0.319. The molecule has 0 fully saturated rings. The standard InChI is InChI=1S/C17H17IN2O4S2/c1-25(21,22)15-8-4-13(5-9-15)17-3-2-12-20(19-17)26(23,24)16-10-6-14(18)7-11-16/h3-11,19H,2,12H2,1H3. The van der Waals surface area contributed by atoms with Gasteiger partial charge in [-0.3, -0.25) is 0 Å². The fourth-order valence-electron chi connectivity index (χ4n) is 2.54. The van der Waals surface area contributed by atoms with Crippen LogP contribution < -0.4 is 5.43 Å². The number of benzene rings is 2. The fourth-order valence-corrected chi connectivity index (χ4v) is 4.83. The van der Waals surface area contributed by atoms with Crippen LogP contribution in [0.5, 0.6) is 0 Å². The molecular weight excluding hydrogens is 487 g/mol. The average molecular weight is 504 g/mol. The van der Waals surface area contributed by atoms with Gasteiger partial charge in [0.25, 0.3) is 10.0 Å². The van der Waals surface area contributed by atoms with E-state index in [4.69, 9.17) is 0 Å². The van der Waals surface area contributed by atoms with Crippen LogP contribution in [0.15, 0.2) is 64.4 Å². The van der Waals surface area contributed by atoms with Crippen molar-refractivity contribution in [3.05, 3.63) is 63.7 Å². The van der Waals surface area contributed by atoms with Crippen LogP contribution in [0, 0.1) is 3.57 Å². The van der Waals surface area contributed by atoms with Crippen LogP contribution in [-0.2, 0) is 19.9 Å². The van der Waals surface area contributed by atoms with Gasteiger partial charge >= 0.3 is 0 Å². The fraction of sp³-hybridized carbons (Fsp3) is 0.176. The maximum atomic E-state index is 12.8. The third-order valence-corrected chi connectivity index (χ3v) is 7.49. The molecule has 2 aromatic carbocycles. The number of nitrogens with one attached hydrogen (secondary N) is 1. The molecule has 0 aromatic heterocycles. The van der Waals surface area contributed by atoms with Crippen LogP contribution in [0.3, 0.4) is 0 Å². The molecule has 1 aliphatic rings. The van der Waals surface area contributed by atoms with E-state index in [1.54, 1.807) is 36.4 Å². The van der Waals surface area contributed by atoms with Crippen molar-refractivity contribution in [2.24, 2.45) is 0 Å². The lowest BCUT2D eigenvalue weighted by Gasteiger charge is -2.28. The molecule has 0 saturated heterocycles. The van der Waals surface area contributed by atoms with E-state index in [-0.39, 0.29) is 9.79 Å². The Morgan fingerprint density at radius 2 is 1.50 bits per heavy atom. The second-order valence-corrected chi connectivity index (χ2v) is 11.0. The third kappa shape index (κ3) is 4.11. The number of rotatable bonds is 4. The Morgan fingerprint density at radius 1 is 0.923 bits per heavy atom. The molecule has 0 amide bonds. The van der Waals surface area contributed by atoms with E-state index in [9.17, 15) is 16.8 Å². The summed E-state index contributed by atoms with van der Waals surface area (Å²) in [7, 11) is -6.94. The van der Waals surface area contributed by atoms with Gasteiger partial charge in [0.15, 0.2) is 9.84 Å². The normalized spacial score (nSPS) is 16.0. The van der Waals surface area contributed by atoms with Gasteiger partial charge in [-0.05, 0) is 71.0 Å². The van der Waals surface area contributed by atoms with Crippen LogP contribution in [0.25, 0.3) is 5.70 Å². The third-order valence-electron chi connectivity index (χ3n) is 3.92. The van der Waals surface area contributed by atoms with E-state index in [2.05, 4.69) is 28.0 Å². The molecule has 0 unspecified atom stereocenters. The molecule has 2 aromatic rings. The molecule has 3 rings (SSSR count). The highest BCUT2D eigenvalue weighted by Crippen LogP contribution is 2.23. The molecule has 0 radical (unpaired) electrons. The zero-order chi connectivity index (χ0) is 18.9. The highest BCUT2D eigenvalue weighted by Gasteiger charge is 2.27. The topological polar surface area (TPSA) is 83.6 Å². The highest BCUT2D eigenvalue weighted by atomic mass is 127. The molecule has 0 spiro atoms. The van der Waals surface area contributed by atoms with Crippen molar-refractivity contribution in [2.45, 2.75) is 16.2 Å². The maximum absolute atomic E-state index is 12.8. The van der Waals surface area contributed by atoms with Crippen LogP contribution in [0.1, 0.15) is 12.0 Å². The molecule has 1 N–H and O–H groups in total. The van der Waals surface area contributed by atoms with Crippen molar-refractivity contribution < 1.29 is 16.8 Å². The summed E-state index contributed by atoms with van der Waals surface area (Å²) in [5.74, 6) is 0. The number of hydrogen-bond donors (Lipinski definition) is 1. The predicted octanol–water partition coefficient (Wildman–Crippen LogP) is 2.63. The number of halogens is 1. The van der Waals surface area contributed by atoms with Gasteiger partial charge in [0.1, 0.15) is 0 Å². The Hall–Kier alpha value is -1.43. The zero-order valence-corrected chi connectivity index (χ0v) is 17.7. The molecule has 0 bridgehead atoms. The summed E-state index contributed by atoms with van der Waals surface area (Å²) in [5.41, 5.74) is 4.29. The first-order chi connectivity index (χ1) is 12.2.